The highest BCUT2D eigenvalue weighted by atomic mass is 32.1. The lowest BCUT2D eigenvalue weighted by Crippen LogP contribution is -2.61. The summed E-state index contributed by atoms with van der Waals surface area (Å²) in [6.45, 7) is 1.79. The van der Waals surface area contributed by atoms with Crippen LogP contribution < -0.4 is 59.7 Å². The average molecular weight is 1100 g/mol. The zero-order chi connectivity index (χ0) is 57.8. The molecule has 0 aliphatic heterocycles. The molecule has 2 aromatic carbocycles. The maximum Gasteiger partial charge on any atom is 0.327 e. The molecule has 0 heterocycles. The number of carboxylic acid groups (broad SMARTS) is 3. The summed E-state index contributed by atoms with van der Waals surface area (Å²) >= 11 is 3.95. The number of hydrogen-bond donors (Lipinski definition) is 17. The lowest BCUT2D eigenvalue weighted by atomic mass is 9.96. The van der Waals surface area contributed by atoms with Crippen molar-refractivity contribution in [3.05, 3.63) is 65.7 Å². The van der Waals surface area contributed by atoms with Crippen LogP contribution in [0.1, 0.15) is 69.9 Å². The summed E-state index contributed by atoms with van der Waals surface area (Å²) < 4.78 is 0. The third-order valence-corrected chi connectivity index (χ3v) is 12.0. The number of amides is 8. The van der Waals surface area contributed by atoms with E-state index in [0.29, 0.717) is 11.1 Å². The summed E-state index contributed by atoms with van der Waals surface area (Å²) in [5, 5.41) is 67.1. The second-order valence-corrected chi connectivity index (χ2v) is 18.1. The van der Waals surface area contributed by atoms with Crippen LogP contribution in [0.4, 0.5) is 0 Å². The number of thiol groups is 1. The van der Waals surface area contributed by atoms with E-state index in [1.54, 1.807) is 44.2 Å². The lowest BCUT2D eigenvalue weighted by molar-refractivity contribution is -0.141. The number of nitrogens with one attached hydrogen (secondary N) is 8. The zero-order valence-electron chi connectivity index (χ0n) is 42.4. The molecule has 77 heavy (non-hydrogen) atoms. The van der Waals surface area contributed by atoms with Crippen molar-refractivity contribution in [2.45, 2.75) is 120 Å². The number of aliphatic hydroxyl groups excluding tert-OH is 1. The fourth-order valence-corrected chi connectivity index (χ4v) is 7.35. The Morgan fingerprint density at radius 1 is 0.597 bits per heavy atom. The highest BCUT2D eigenvalue weighted by Crippen LogP contribution is 2.15. The first-order chi connectivity index (χ1) is 36.4. The number of rotatable bonds is 35. The molecule has 0 unspecified atom stereocenters. The molecule has 28 nitrogen and oxygen atoms in total. The van der Waals surface area contributed by atoms with Crippen molar-refractivity contribution >= 4 is 83.8 Å². The van der Waals surface area contributed by atoms with Gasteiger partial charge in [0.25, 0.3) is 0 Å². The van der Waals surface area contributed by atoms with E-state index >= 15 is 0 Å². The molecule has 2 rings (SSSR count). The molecular formula is C48H70N12O16S. The van der Waals surface area contributed by atoms with Crippen molar-refractivity contribution in [3.8, 4) is 5.75 Å². The fourth-order valence-electron chi connectivity index (χ4n) is 7.10. The molecule has 0 aliphatic rings. The number of phenols is 1. The first kappa shape index (κ1) is 65.1. The van der Waals surface area contributed by atoms with Crippen molar-refractivity contribution in [2.24, 2.45) is 28.1 Å². The van der Waals surface area contributed by atoms with E-state index in [1.165, 1.54) is 24.3 Å². The van der Waals surface area contributed by atoms with Crippen LogP contribution in [0.5, 0.6) is 5.75 Å². The Morgan fingerprint density at radius 3 is 1.53 bits per heavy atom. The van der Waals surface area contributed by atoms with Gasteiger partial charge in [-0.3, -0.25) is 52.9 Å². The van der Waals surface area contributed by atoms with Crippen LogP contribution in [0.25, 0.3) is 0 Å². The molecule has 19 N–H and O–H groups in total. The fraction of sp³-hybridized carbons (Fsp3) is 0.500. The molecule has 2 aromatic rings. The topological polar surface area (TPSA) is 476 Å². The monoisotopic (exact) mass is 1100 g/mol. The standard InChI is InChI=1S/C48H70N12O16S/c1-3-25(2)39(60-43(71)31(15-17-37(64)65)54-36(63)22-53-40(68)29(49)23-61)46(74)58-34(21-27-11-13-28(62)14-12-27)45(73)57-33(20-26-8-5-4-6-9-26)44(72)56-32(16-18-38(66)67)42(70)55-30(10-7-19-52-48(50)51)41(69)59-35(24-77)47(75)76/h4-6,8-9,11-14,25,29-35,39,61-62,77H,3,7,10,15-24,49H2,1-2H3,(H,53,68)(H,54,63)(H,55,70)(H,56,72)(H,57,73)(H,58,74)(H,59,69)(H,60,71)(H,64,65)(H,66,67)(H,75,76)(H4,50,51,52)/t25-,29-,30-,31-,32-,33-,34-,35-,39-/m0/s1. The molecule has 29 heteroatoms. The maximum atomic E-state index is 14.6. The van der Waals surface area contributed by atoms with Crippen LogP contribution in [0.2, 0.25) is 0 Å². The van der Waals surface area contributed by atoms with Gasteiger partial charge in [-0.25, -0.2) is 4.79 Å². The number of nitrogens with zero attached hydrogens (tertiary/aromatic N) is 1. The maximum absolute atomic E-state index is 14.6. The molecule has 424 valence electrons. The number of carbonyl (C=O) groups excluding carboxylic acids is 8. The van der Waals surface area contributed by atoms with Crippen molar-refractivity contribution in [2.75, 3.05) is 25.4 Å². The highest BCUT2D eigenvalue weighted by Gasteiger charge is 2.36. The van der Waals surface area contributed by atoms with Crippen LogP contribution in [0, 0.1) is 5.92 Å². The second kappa shape index (κ2) is 33.8. The molecule has 0 aliphatic carbocycles. The van der Waals surface area contributed by atoms with Crippen LogP contribution in [0.15, 0.2) is 59.6 Å². The Labute approximate surface area is 448 Å². The molecule has 8 amide bonds. The molecule has 0 radical (unpaired) electrons. The smallest absolute Gasteiger partial charge is 0.327 e. The summed E-state index contributed by atoms with van der Waals surface area (Å²) in [5.41, 5.74) is 17.1. The van der Waals surface area contributed by atoms with Gasteiger partial charge in [0.05, 0.1) is 13.2 Å². The number of aliphatic imine (C=N–C) groups is 1. The number of phenolic OH excluding ortho intramolecular Hbond substituents is 1. The van der Waals surface area contributed by atoms with Crippen LogP contribution in [0.3, 0.4) is 0 Å². The second-order valence-electron chi connectivity index (χ2n) is 17.7. The first-order valence-electron chi connectivity index (χ1n) is 24.3. The minimum absolute atomic E-state index is 0.0139. The lowest BCUT2D eigenvalue weighted by Gasteiger charge is -2.29. The van der Waals surface area contributed by atoms with Gasteiger partial charge in [0.2, 0.25) is 47.3 Å². The molecule has 0 bridgehead atoms. The van der Waals surface area contributed by atoms with Gasteiger partial charge in [0, 0.05) is 38.0 Å². The number of aliphatic carboxylic acids is 3. The number of aromatic hydroxyl groups is 1. The summed E-state index contributed by atoms with van der Waals surface area (Å²) in [6, 6.07) is 1.50. The van der Waals surface area contributed by atoms with Gasteiger partial charge in [-0.05, 0) is 54.9 Å². The molecular weight excluding hydrogens is 1030 g/mol. The van der Waals surface area contributed by atoms with E-state index in [-0.39, 0.29) is 56.1 Å². The minimum atomic E-state index is -1.69. The van der Waals surface area contributed by atoms with Gasteiger partial charge in [-0.2, -0.15) is 12.6 Å². The Hall–Kier alpha value is -8.05. The molecule has 0 spiro atoms. The van der Waals surface area contributed by atoms with E-state index in [1.807, 2.05) is 0 Å². The molecule has 0 fully saturated rings. The van der Waals surface area contributed by atoms with Crippen LogP contribution in [-0.2, 0) is 65.6 Å². The number of aliphatic hydroxyl groups is 1. The first-order valence-corrected chi connectivity index (χ1v) is 24.9. The minimum Gasteiger partial charge on any atom is -0.508 e. The summed E-state index contributed by atoms with van der Waals surface area (Å²) in [6.07, 6.45) is -2.72. The van der Waals surface area contributed by atoms with Gasteiger partial charge in [-0.1, -0.05) is 62.7 Å². The largest absolute Gasteiger partial charge is 0.508 e. The van der Waals surface area contributed by atoms with E-state index in [2.05, 4.69) is 60.2 Å². The Balaban J connectivity index is 2.58. The van der Waals surface area contributed by atoms with Gasteiger partial charge < -0.3 is 85.3 Å². The number of guanidine groups is 1. The van der Waals surface area contributed by atoms with E-state index in [0.717, 1.165) is 0 Å². The van der Waals surface area contributed by atoms with Gasteiger partial charge in [-0.15, -0.1) is 0 Å². The number of benzene rings is 2. The van der Waals surface area contributed by atoms with Gasteiger partial charge in [0.15, 0.2) is 5.96 Å². The summed E-state index contributed by atoms with van der Waals surface area (Å²) in [5.74, 6) is -13.4. The number of carbonyl (C=O) groups is 11. The predicted molar refractivity (Wildman–Crippen MR) is 278 cm³/mol. The molecule has 9 atom stereocenters. The Kier molecular flexibility index (Phi) is 28.5. The molecule has 0 saturated carbocycles. The molecule has 0 saturated heterocycles. The zero-order valence-corrected chi connectivity index (χ0v) is 43.3. The molecule has 0 aromatic heterocycles. The van der Waals surface area contributed by atoms with Gasteiger partial charge >= 0.3 is 17.9 Å². The van der Waals surface area contributed by atoms with E-state index in [4.69, 9.17) is 22.3 Å². The third-order valence-electron chi connectivity index (χ3n) is 11.6. The SMILES string of the molecule is CC[C@H](C)[C@H](NC(=O)[C@H](CCC(=O)O)NC(=O)CNC(=O)[C@@H](N)CO)C(=O)N[C@@H](Cc1ccc(O)cc1)C(=O)N[C@@H](Cc1ccccc1)C(=O)N[C@@H](CCC(=O)O)C(=O)N[C@@H](CCCN=C(N)N)C(=O)N[C@@H](CS)C(=O)O. The predicted octanol–water partition coefficient (Wildman–Crippen LogP) is -4.15. The average Bonchev–Trinajstić information content (AvgIpc) is 3.38. The Bertz CT molecular complexity index is 2380. The quantitative estimate of drug-likeness (QED) is 0.0135. The van der Waals surface area contributed by atoms with Crippen molar-refractivity contribution in [1.82, 2.24) is 42.5 Å². The Morgan fingerprint density at radius 2 is 1.05 bits per heavy atom. The summed E-state index contributed by atoms with van der Waals surface area (Å²) in [4.78, 5) is 148. The highest BCUT2D eigenvalue weighted by molar-refractivity contribution is 7.80. The third kappa shape index (κ3) is 24.4. The van der Waals surface area contributed by atoms with Gasteiger partial charge in [0.1, 0.15) is 54.1 Å². The van der Waals surface area contributed by atoms with Crippen LogP contribution in [-0.4, -0.2) is 170 Å². The van der Waals surface area contributed by atoms with Crippen molar-refractivity contribution in [3.63, 3.8) is 0 Å². The van der Waals surface area contributed by atoms with Crippen molar-refractivity contribution in [1.29, 1.82) is 0 Å². The number of hydrogen-bond acceptors (Lipinski definition) is 16. The van der Waals surface area contributed by atoms with E-state index < -0.39 is 158 Å². The normalized spacial score (nSPS) is 14.4. The van der Waals surface area contributed by atoms with E-state index in [9.17, 15) is 73.2 Å². The van der Waals surface area contributed by atoms with Crippen LogP contribution >= 0.6 is 12.6 Å². The van der Waals surface area contributed by atoms with Crippen molar-refractivity contribution < 1.29 is 78.3 Å². The number of nitrogens with two attached hydrogens (primary N) is 3. The summed E-state index contributed by atoms with van der Waals surface area (Å²) in [7, 11) is 0. The number of carboxylic acids is 3.